The van der Waals surface area contributed by atoms with E-state index in [1.807, 2.05) is 18.3 Å². The zero-order valence-corrected chi connectivity index (χ0v) is 17.1. The number of hydrogen-bond acceptors (Lipinski definition) is 5. The van der Waals surface area contributed by atoms with Crippen LogP contribution >= 0.6 is 11.3 Å². The minimum absolute atomic E-state index is 0.347. The third kappa shape index (κ3) is 6.42. The second-order valence-corrected chi connectivity index (χ2v) is 9.13. The molecule has 0 amide bonds. The van der Waals surface area contributed by atoms with E-state index in [1.165, 1.54) is 11.1 Å². The van der Waals surface area contributed by atoms with Crippen molar-refractivity contribution >= 4 is 27.1 Å². The Morgan fingerprint density at radius 1 is 1.15 bits per heavy atom. The Kier molecular flexibility index (Phi) is 7.59. The van der Waals surface area contributed by atoms with Crippen LogP contribution in [-0.4, -0.2) is 45.8 Å². The number of aromatic nitrogens is 1. The molecule has 0 atom stereocenters. The summed E-state index contributed by atoms with van der Waals surface area (Å²) in [7, 11) is -1.40. The molecule has 0 bridgehead atoms. The summed E-state index contributed by atoms with van der Waals surface area (Å²) in [5.74, 6) is 0.755. The van der Waals surface area contributed by atoms with Crippen molar-refractivity contribution in [3.05, 3.63) is 45.9 Å². The van der Waals surface area contributed by atoms with Gasteiger partial charge >= 0.3 is 0 Å². The van der Waals surface area contributed by atoms with Crippen LogP contribution in [-0.2, 0) is 29.1 Å². The highest BCUT2D eigenvalue weighted by molar-refractivity contribution is 7.90. The van der Waals surface area contributed by atoms with Gasteiger partial charge in [-0.2, -0.15) is 0 Å². The number of nitrogens with zero attached hydrogens (tertiary/aromatic N) is 2. The highest BCUT2D eigenvalue weighted by atomic mass is 32.2. The fourth-order valence-electron chi connectivity index (χ4n) is 2.36. The zero-order chi connectivity index (χ0) is 19.0. The van der Waals surface area contributed by atoms with Gasteiger partial charge < -0.3 is 10.6 Å². The molecule has 1 heterocycles. The van der Waals surface area contributed by atoms with Crippen LogP contribution in [0.3, 0.4) is 0 Å². The number of sulfone groups is 1. The van der Waals surface area contributed by atoms with Crippen LogP contribution in [0.2, 0.25) is 0 Å². The lowest BCUT2D eigenvalue weighted by atomic mass is 10.1. The van der Waals surface area contributed by atoms with E-state index in [0.29, 0.717) is 4.90 Å². The van der Waals surface area contributed by atoms with Crippen molar-refractivity contribution < 1.29 is 8.42 Å². The van der Waals surface area contributed by atoms with Gasteiger partial charge in [0.05, 0.1) is 9.90 Å². The highest BCUT2D eigenvalue weighted by Crippen LogP contribution is 2.13. The van der Waals surface area contributed by atoms with Crippen LogP contribution in [0.4, 0.5) is 0 Å². The molecule has 0 aliphatic rings. The minimum atomic E-state index is -3.14. The van der Waals surface area contributed by atoms with Crippen molar-refractivity contribution in [1.29, 1.82) is 0 Å². The molecule has 0 radical (unpaired) electrons. The maximum Gasteiger partial charge on any atom is 0.191 e. The van der Waals surface area contributed by atoms with Crippen LogP contribution in [0.25, 0.3) is 0 Å². The number of aryl methyl sites for hydroxylation is 1. The highest BCUT2D eigenvalue weighted by Gasteiger charge is 2.06. The predicted molar refractivity (Wildman–Crippen MR) is 108 cm³/mol. The van der Waals surface area contributed by atoms with Gasteiger partial charge in [-0.05, 0) is 30.5 Å². The van der Waals surface area contributed by atoms with E-state index in [9.17, 15) is 8.42 Å². The number of nitrogens with one attached hydrogen (secondary N) is 2. The third-order valence-electron chi connectivity index (χ3n) is 3.86. The molecule has 8 heteroatoms. The predicted octanol–water partition coefficient (Wildman–Crippen LogP) is 2.06. The van der Waals surface area contributed by atoms with Crippen LogP contribution in [0.15, 0.2) is 40.4 Å². The lowest BCUT2D eigenvalue weighted by molar-refractivity contribution is 0.602. The Bertz CT molecular complexity index is 827. The molecule has 0 spiro atoms. The van der Waals surface area contributed by atoms with Crippen molar-refractivity contribution in [2.75, 3.05) is 26.4 Å². The summed E-state index contributed by atoms with van der Waals surface area (Å²) in [5, 5.41) is 7.69. The van der Waals surface area contributed by atoms with Crippen molar-refractivity contribution in [1.82, 2.24) is 15.6 Å². The average Bonchev–Trinajstić information content (AvgIpc) is 3.08. The van der Waals surface area contributed by atoms with E-state index in [0.717, 1.165) is 48.9 Å². The van der Waals surface area contributed by atoms with Gasteiger partial charge in [0, 0.05) is 43.9 Å². The Morgan fingerprint density at radius 3 is 2.35 bits per heavy atom. The molecular formula is C18H26N4O2S2. The van der Waals surface area contributed by atoms with Crippen molar-refractivity contribution in [3.63, 3.8) is 0 Å². The Hall–Kier alpha value is -1.93. The van der Waals surface area contributed by atoms with Crippen molar-refractivity contribution in [3.8, 4) is 0 Å². The molecule has 1 aromatic heterocycles. The average molecular weight is 395 g/mol. The summed E-state index contributed by atoms with van der Waals surface area (Å²) >= 11 is 1.76. The quantitative estimate of drug-likeness (QED) is 0.529. The lowest BCUT2D eigenvalue weighted by Gasteiger charge is -2.11. The maximum atomic E-state index is 11.5. The molecule has 0 fully saturated rings. The molecule has 0 saturated heterocycles. The number of aliphatic imine (C=N–C) groups is 1. The maximum absolute atomic E-state index is 11.5. The van der Waals surface area contributed by atoms with E-state index in [1.54, 1.807) is 30.5 Å². The molecule has 0 aliphatic carbocycles. The normalized spacial score (nSPS) is 12.2. The van der Waals surface area contributed by atoms with E-state index in [2.05, 4.69) is 27.5 Å². The third-order valence-corrected chi connectivity index (χ3v) is 6.19. The molecule has 0 saturated carbocycles. The van der Waals surface area contributed by atoms with Gasteiger partial charge in [-0.25, -0.2) is 13.4 Å². The summed E-state index contributed by atoms with van der Waals surface area (Å²) in [6, 6.07) is 7.00. The monoisotopic (exact) mass is 394 g/mol. The van der Waals surface area contributed by atoms with Gasteiger partial charge in [0.15, 0.2) is 15.8 Å². The van der Waals surface area contributed by atoms with E-state index in [-0.39, 0.29) is 0 Å². The van der Waals surface area contributed by atoms with Crippen LogP contribution in [0, 0.1) is 0 Å². The Balaban J connectivity index is 1.73. The van der Waals surface area contributed by atoms with Gasteiger partial charge in [-0.1, -0.05) is 19.1 Å². The topological polar surface area (TPSA) is 83.4 Å². The van der Waals surface area contributed by atoms with Gasteiger partial charge in [0.2, 0.25) is 0 Å². The largest absolute Gasteiger partial charge is 0.356 e. The molecule has 0 aliphatic heterocycles. The molecule has 2 N–H and O–H groups in total. The minimum Gasteiger partial charge on any atom is -0.356 e. The second kappa shape index (κ2) is 9.68. The van der Waals surface area contributed by atoms with Crippen molar-refractivity contribution in [2.24, 2.45) is 4.99 Å². The Morgan fingerprint density at radius 2 is 1.81 bits per heavy atom. The zero-order valence-electron chi connectivity index (χ0n) is 15.4. The summed E-state index contributed by atoms with van der Waals surface area (Å²) < 4.78 is 22.9. The molecular weight excluding hydrogens is 368 g/mol. The first kappa shape index (κ1) is 20.4. The van der Waals surface area contributed by atoms with E-state index in [4.69, 9.17) is 0 Å². The van der Waals surface area contributed by atoms with Crippen molar-refractivity contribution in [2.45, 2.75) is 31.1 Å². The fraction of sp³-hybridized carbons (Fsp3) is 0.444. The Labute approximate surface area is 159 Å². The number of hydrogen-bond donors (Lipinski definition) is 2. The smallest absolute Gasteiger partial charge is 0.191 e. The van der Waals surface area contributed by atoms with Gasteiger partial charge in [-0.3, -0.25) is 4.99 Å². The van der Waals surface area contributed by atoms with Crippen LogP contribution < -0.4 is 10.6 Å². The van der Waals surface area contributed by atoms with Crippen LogP contribution in [0.5, 0.6) is 0 Å². The van der Waals surface area contributed by atoms with Gasteiger partial charge in [0.1, 0.15) is 0 Å². The number of benzene rings is 1. The van der Waals surface area contributed by atoms with E-state index >= 15 is 0 Å². The SMILES string of the molecule is CCc1cnc(CCNC(=NC)NCCc2ccc(S(C)(=O)=O)cc2)s1. The van der Waals surface area contributed by atoms with Crippen LogP contribution in [0.1, 0.15) is 22.4 Å². The first-order chi connectivity index (χ1) is 12.4. The lowest BCUT2D eigenvalue weighted by Crippen LogP contribution is -2.39. The molecule has 1 aromatic carbocycles. The summed E-state index contributed by atoms with van der Waals surface area (Å²) in [4.78, 5) is 10.3. The van der Waals surface area contributed by atoms with E-state index < -0.39 is 9.84 Å². The van der Waals surface area contributed by atoms with Gasteiger partial charge in [-0.15, -0.1) is 11.3 Å². The summed E-state index contributed by atoms with van der Waals surface area (Å²) in [5.41, 5.74) is 1.08. The number of rotatable bonds is 8. The number of thiazole rings is 1. The molecule has 2 aromatic rings. The standard InChI is InChI=1S/C18H26N4O2S2/c1-4-15-13-22-17(25-15)10-12-21-18(19-2)20-11-9-14-5-7-16(8-6-14)26(3,23)24/h5-8,13H,4,9-12H2,1-3H3,(H2,19,20,21). The molecule has 2 rings (SSSR count). The first-order valence-electron chi connectivity index (χ1n) is 8.59. The first-order valence-corrected chi connectivity index (χ1v) is 11.3. The second-order valence-electron chi connectivity index (χ2n) is 5.92. The molecule has 26 heavy (non-hydrogen) atoms. The summed E-state index contributed by atoms with van der Waals surface area (Å²) in [6.45, 7) is 3.63. The fourth-order valence-corrected chi connectivity index (χ4v) is 3.86. The molecule has 0 unspecified atom stereocenters. The van der Waals surface area contributed by atoms with Gasteiger partial charge in [0.25, 0.3) is 0 Å². The summed E-state index contributed by atoms with van der Waals surface area (Å²) in [6.07, 6.45) is 5.85. The molecule has 6 nitrogen and oxygen atoms in total. The molecule has 142 valence electrons. The number of guanidine groups is 1.